The van der Waals surface area contributed by atoms with Gasteiger partial charge in [0.15, 0.2) is 5.11 Å². The van der Waals surface area contributed by atoms with Gasteiger partial charge in [-0.05, 0) is 42.3 Å². The van der Waals surface area contributed by atoms with Gasteiger partial charge in [0.1, 0.15) is 11.5 Å². The van der Waals surface area contributed by atoms with Crippen LogP contribution in [0.25, 0.3) is 0 Å². The molecule has 7 nitrogen and oxygen atoms in total. The van der Waals surface area contributed by atoms with Crippen LogP contribution in [0.2, 0.25) is 0 Å². The maximum atomic E-state index is 12.3. The van der Waals surface area contributed by atoms with E-state index < -0.39 is 11.2 Å². The number of nitrogens with two attached hydrogens (primary N) is 1. The molecule has 2 aromatic rings. The molecule has 1 heterocycles. The summed E-state index contributed by atoms with van der Waals surface area (Å²) >= 11 is 5.43. The van der Waals surface area contributed by atoms with Gasteiger partial charge in [-0.2, -0.15) is 0 Å². The Morgan fingerprint density at radius 2 is 1.93 bits per heavy atom. The summed E-state index contributed by atoms with van der Waals surface area (Å²) in [7, 11) is 1.65. The average Bonchev–Trinajstić information content (AvgIpc) is 2.61. The minimum Gasteiger partial charge on any atom is -0.383 e. The Morgan fingerprint density at radius 3 is 2.48 bits per heavy atom. The van der Waals surface area contributed by atoms with E-state index in [1.807, 2.05) is 31.2 Å². The molecule has 146 valence electrons. The topological polar surface area (TPSA) is 96.2 Å². The number of thiocarbonyl (C=S) groups is 1. The number of aromatic amines is 1. The second-order valence-electron chi connectivity index (χ2n) is 6.76. The standard InChI is InChI=1S/C19H27N5O2S/c1-5-6-11-24-16(20)15(17(25)22-18(24)26)23(4)19(27)21-14-9-7-13(8-10-14)12(2)3/h7-10,12H,5-6,11,20H2,1-4H3,(H,21,27)(H,22,25,26). The summed E-state index contributed by atoms with van der Waals surface area (Å²) in [5.41, 5.74) is 7.24. The van der Waals surface area contributed by atoms with E-state index in [-0.39, 0.29) is 11.5 Å². The van der Waals surface area contributed by atoms with Crippen LogP contribution in [0.4, 0.5) is 17.2 Å². The highest BCUT2D eigenvalue weighted by Gasteiger charge is 2.19. The van der Waals surface area contributed by atoms with Crippen molar-refractivity contribution in [1.29, 1.82) is 0 Å². The van der Waals surface area contributed by atoms with Crippen molar-refractivity contribution in [3.63, 3.8) is 0 Å². The molecule has 0 radical (unpaired) electrons. The fourth-order valence-electron chi connectivity index (χ4n) is 2.70. The molecule has 1 aromatic heterocycles. The first-order valence-electron chi connectivity index (χ1n) is 9.03. The lowest BCUT2D eigenvalue weighted by Crippen LogP contribution is -2.40. The van der Waals surface area contributed by atoms with E-state index >= 15 is 0 Å². The van der Waals surface area contributed by atoms with E-state index in [4.69, 9.17) is 18.0 Å². The maximum absolute atomic E-state index is 12.3. The third-order valence-electron chi connectivity index (χ3n) is 4.42. The number of benzene rings is 1. The molecule has 0 fully saturated rings. The third-order valence-corrected chi connectivity index (χ3v) is 4.79. The van der Waals surface area contributed by atoms with Crippen molar-refractivity contribution in [2.75, 3.05) is 23.0 Å². The quantitative estimate of drug-likeness (QED) is 0.658. The predicted octanol–water partition coefficient (Wildman–Crippen LogP) is 2.88. The fourth-order valence-corrected chi connectivity index (χ4v) is 2.91. The Labute approximate surface area is 164 Å². The summed E-state index contributed by atoms with van der Waals surface area (Å²) in [5, 5.41) is 3.41. The molecule has 0 aliphatic rings. The molecule has 0 atom stereocenters. The van der Waals surface area contributed by atoms with Gasteiger partial charge in [0.2, 0.25) is 0 Å². The molecule has 0 aliphatic heterocycles. The molecule has 0 spiro atoms. The van der Waals surface area contributed by atoms with Gasteiger partial charge in [0, 0.05) is 19.3 Å². The number of nitrogen functional groups attached to an aromatic ring is 1. The number of anilines is 3. The van der Waals surface area contributed by atoms with Crippen molar-refractivity contribution in [3.8, 4) is 0 Å². The maximum Gasteiger partial charge on any atom is 0.330 e. The second kappa shape index (κ2) is 8.85. The van der Waals surface area contributed by atoms with Crippen molar-refractivity contribution < 1.29 is 0 Å². The highest BCUT2D eigenvalue weighted by atomic mass is 32.1. The van der Waals surface area contributed by atoms with Gasteiger partial charge in [-0.3, -0.25) is 14.3 Å². The number of unbranched alkanes of at least 4 members (excludes halogenated alkanes) is 1. The van der Waals surface area contributed by atoms with Crippen LogP contribution in [-0.2, 0) is 6.54 Å². The van der Waals surface area contributed by atoms with E-state index in [1.54, 1.807) is 7.05 Å². The molecular formula is C19H27N5O2S. The van der Waals surface area contributed by atoms with Crippen LogP contribution >= 0.6 is 12.2 Å². The first-order valence-corrected chi connectivity index (χ1v) is 9.44. The van der Waals surface area contributed by atoms with Crippen LogP contribution in [0, 0.1) is 0 Å². The average molecular weight is 390 g/mol. The van der Waals surface area contributed by atoms with Crippen molar-refractivity contribution in [2.45, 2.75) is 46.1 Å². The highest BCUT2D eigenvalue weighted by Crippen LogP contribution is 2.19. The highest BCUT2D eigenvalue weighted by molar-refractivity contribution is 7.80. The Hall–Kier alpha value is -2.61. The number of aromatic nitrogens is 2. The lowest BCUT2D eigenvalue weighted by atomic mass is 10.0. The second-order valence-corrected chi connectivity index (χ2v) is 7.15. The molecule has 8 heteroatoms. The summed E-state index contributed by atoms with van der Waals surface area (Å²) < 4.78 is 1.37. The van der Waals surface area contributed by atoms with E-state index in [9.17, 15) is 9.59 Å². The molecule has 2 rings (SSSR count). The zero-order chi connectivity index (χ0) is 20.1. The number of rotatable bonds is 6. The fraction of sp³-hybridized carbons (Fsp3) is 0.421. The predicted molar refractivity (Wildman–Crippen MR) is 116 cm³/mol. The summed E-state index contributed by atoms with van der Waals surface area (Å²) in [4.78, 5) is 28.2. The molecule has 4 N–H and O–H groups in total. The third kappa shape index (κ3) is 4.77. The van der Waals surface area contributed by atoms with Crippen LogP contribution in [0.1, 0.15) is 45.1 Å². The van der Waals surface area contributed by atoms with Gasteiger partial charge in [-0.1, -0.05) is 39.3 Å². The SMILES string of the molecule is CCCCn1c(N)c(N(C)C(=S)Nc2ccc(C(C)C)cc2)c(=O)[nH]c1=O. The molecule has 0 unspecified atom stereocenters. The zero-order valence-corrected chi connectivity index (χ0v) is 17.0. The molecule has 0 saturated carbocycles. The van der Waals surface area contributed by atoms with Gasteiger partial charge in [-0.15, -0.1) is 0 Å². The van der Waals surface area contributed by atoms with Gasteiger partial charge in [0.25, 0.3) is 5.56 Å². The molecular weight excluding hydrogens is 362 g/mol. The number of hydrogen-bond acceptors (Lipinski definition) is 4. The van der Waals surface area contributed by atoms with Gasteiger partial charge in [0.05, 0.1) is 0 Å². The summed E-state index contributed by atoms with van der Waals surface area (Å²) in [6, 6.07) is 7.93. The molecule has 0 amide bonds. The number of hydrogen-bond donors (Lipinski definition) is 3. The first kappa shape index (κ1) is 20.7. The lowest BCUT2D eigenvalue weighted by Gasteiger charge is -2.23. The smallest absolute Gasteiger partial charge is 0.330 e. The number of H-pyrrole nitrogens is 1. The van der Waals surface area contributed by atoms with E-state index in [0.29, 0.717) is 17.6 Å². The van der Waals surface area contributed by atoms with E-state index in [1.165, 1.54) is 15.0 Å². The van der Waals surface area contributed by atoms with Crippen molar-refractivity contribution in [1.82, 2.24) is 9.55 Å². The van der Waals surface area contributed by atoms with Crippen LogP contribution < -0.4 is 27.2 Å². The van der Waals surface area contributed by atoms with Crippen molar-refractivity contribution in [2.24, 2.45) is 0 Å². The van der Waals surface area contributed by atoms with Crippen LogP contribution in [0.15, 0.2) is 33.9 Å². The normalized spacial score (nSPS) is 10.9. The van der Waals surface area contributed by atoms with Crippen LogP contribution in [0.5, 0.6) is 0 Å². The van der Waals surface area contributed by atoms with Gasteiger partial charge in [-0.25, -0.2) is 4.79 Å². The van der Waals surface area contributed by atoms with Crippen LogP contribution in [-0.4, -0.2) is 21.7 Å². The Bertz CT molecular complexity index is 915. The number of nitrogens with one attached hydrogen (secondary N) is 2. The molecule has 0 aliphatic carbocycles. The summed E-state index contributed by atoms with van der Waals surface area (Å²) in [6.45, 7) is 6.71. The van der Waals surface area contributed by atoms with Gasteiger partial charge >= 0.3 is 5.69 Å². The Balaban J connectivity index is 2.28. The lowest BCUT2D eigenvalue weighted by molar-refractivity contribution is 0.605. The molecule has 0 saturated heterocycles. The molecule has 27 heavy (non-hydrogen) atoms. The summed E-state index contributed by atoms with van der Waals surface area (Å²) in [6.07, 6.45) is 1.69. The minimum absolute atomic E-state index is 0.110. The molecule has 0 bridgehead atoms. The monoisotopic (exact) mass is 389 g/mol. The van der Waals surface area contributed by atoms with Crippen molar-refractivity contribution in [3.05, 3.63) is 50.7 Å². The van der Waals surface area contributed by atoms with Gasteiger partial charge < -0.3 is 16.0 Å². The largest absolute Gasteiger partial charge is 0.383 e. The Morgan fingerprint density at radius 1 is 1.30 bits per heavy atom. The van der Waals surface area contributed by atoms with E-state index in [2.05, 4.69) is 24.1 Å². The number of nitrogens with zero attached hydrogens (tertiary/aromatic N) is 2. The van der Waals surface area contributed by atoms with Crippen molar-refractivity contribution >= 4 is 34.5 Å². The summed E-state index contributed by atoms with van der Waals surface area (Å²) in [5.74, 6) is 0.551. The first-order chi connectivity index (χ1) is 12.8. The zero-order valence-electron chi connectivity index (χ0n) is 16.2. The molecule has 1 aromatic carbocycles. The minimum atomic E-state index is -0.563. The van der Waals surface area contributed by atoms with Crippen LogP contribution in [0.3, 0.4) is 0 Å². The Kier molecular flexibility index (Phi) is 6.79. The van der Waals surface area contributed by atoms with E-state index in [0.717, 1.165) is 18.5 Å².